The summed E-state index contributed by atoms with van der Waals surface area (Å²) < 4.78 is 26.7. The lowest BCUT2D eigenvalue weighted by Gasteiger charge is -2.31. The zero-order valence-electron chi connectivity index (χ0n) is 14.4. The van der Waals surface area contributed by atoms with Crippen molar-refractivity contribution in [3.05, 3.63) is 78.6 Å². The molecule has 0 spiro atoms. The highest BCUT2D eigenvalue weighted by atomic mass is 32.2. The van der Waals surface area contributed by atoms with E-state index in [9.17, 15) is 18.0 Å². The Balaban J connectivity index is 1.74. The van der Waals surface area contributed by atoms with Gasteiger partial charge in [0.1, 0.15) is 6.04 Å². The fourth-order valence-corrected chi connectivity index (χ4v) is 4.17. The number of hydrogen-bond donors (Lipinski definition) is 2. The second-order valence-corrected chi connectivity index (χ2v) is 7.80. The fourth-order valence-electron chi connectivity index (χ4n) is 2.70. The topological polar surface area (TPSA) is 95.6 Å². The molecular formula is C19H19N3O4S. The molecule has 1 unspecified atom stereocenters. The molecule has 8 heteroatoms. The Morgan fingerprint density at radius 3 is 2.33 bits per heavy atom. The van der Waals surface area contributed by atoms with Gasteiger partial charge >= 0.3 is 0 Å². The molecule has 2 N–H and O–H groups in total. The standard InChI is InChI=1S/C19H19N3O4S/c23-18(21-14-15-7-3-1-4-8-15)13-17-19(24)20-11-12-22(17)27(25,26)16-9-5-2-6-10-16/h1-12,17H,13-14H2,(H,20,24)(H,21,23). The van der Waals surface area contributed by atoms with Gasteiger partial charge in [-0.3, -0.25) is 13.9 Å². The number of hydrogen-bond acceptors (Lipinski definition) is 4. The quantitative estimate of drug-likeness (QED) is 0.785. The Morgan fingerprint density at radius 1 is 1.04 bits per heavy atom. The molecule has 3 rings (SSSR count). The molecule has 0 radical (unpaired) electrons. The molecule has 0 fully saturated rings. The number of carbonyl (C=O) groups is 2. The molecule has 0 aliphatic carbocycles. The smallest absolute Gasteiger partial charge is 0.264 e. The van der Waals surface area contributed by atoms with Crippen LogP contribution >= 0.6 is 0 Å². The Morgan fingerprint density at radius 2 is 1.67 bits per heavy atom. The van der Waals surface area contributed by atoms with Gasteiger partial charge in [-0.25, -0.2) is 8.42 Å². The van der Waals surface area contributed by atoms with E-state index in [4.69, 9.17) is 0 Å². The zero-order chi connectivity index (χ0) is 19.3. The molecule has 0 bridgehead atoms. The van der Waals surface area contributed by atoms with Crippen molar-refractivity contribution in [3.63, 3.8) is 0 Å². The summed E-state index contributed by atoms with van der Waals surface area (Å²) in [7, 11) is -3.95. The molecule has 0 saturated carbocycles. The van der Waals surface area contributed by atoms with E-state index in [1.54, 1.807) is 18.2 Å². The highest BCUT2D eigenvalue weighted by molar-refractivity contribution is 7.89. The first kappa shape index (κ1) is 18.7. The first-order valence-electron chi connectivity index (χ1n) is 8.35. The van der Waals surface area contributed by atoms with E-state index in [1.807, 2.05) is 30.3 Å². The van der Waals surface area contributed by atoms with E-state index < -0.39 is 27.9 Å². The minimum Gasteiger partial charge on any atom is -0.352 e. The number of sulfonamides is 1. The van der Waals surface area contributed by atoms with Gasteiger partial charge < -0.3 is 10.6 Å². The molecule has 27 heavy (non-hydrogen) atoms. The van der Waals surface area contributed by atoms with Crippen LogP contribution in [0.4, 0.5) is 0 Å². The summed E-state index contributed by atoms with van der Waals surface area (Å²) in [5, 5.41) is 5.17. The zero-order valence-corrected chi connectivity index (χ0v) is 15.2. The van der Waals surface area contributed by atoms with E-state index in [0.29, 0.717) is 6.54 Å². The number of rotatable bonds is 6. The van der Waals surface area contributed by atoms with E-state index in [0.717, 1.165) is 9.87 Å². The van der Waals surface area contributed by atoms with Crippen LogP contribution in [-0.4, -0.2) is 30.6 Å². The third kappa shape index (κ3) is 4.35. The molecule has 1 aliphatic rings. The van der Waals surface area contributed by atoms with E-state index >= 15 is 0 Å². The molecule has 0 saturated heterocycles. The van der Waals surface area contributed by atoms with Gasteiger partial charge in [0.05, 0.1) is 11.3 Å². The van der Waals surface area contributed by atoms with Crippen molar-refractivity contribution in [1.82, 2.24) is 14.9 Å². The summed E-state index contributed by atoms with van der Waals surface area (Å²) in [6, 6.07) is 15.9. The monoisotopic (exact) mass is 385 g/mol. The SMILES string of the molecule is O=C(CC1C(=O)NC=CN1S(=O)(=O)c1ccccc1)NCc1ccccc1. The number of benzene rings is 2. The predicted octanol–water partition coefficient (Wildman–Crippen LogP) is 1.35. The van der Waals surface area contributed by atoms with Gasteiger partial charge in [0.25, 0.3) is 10.0 Å². The summed E-state index contributed by atoms with van der Waals surface area (Å²) in [6.07, 6.45) is 2.23. The summed E-state index contributed by atoms with van der Waals surface area (Å²) in [6.45, 7) is 0.301. The number of nitrogens with one attached hydrogen (secondary N) is 2. The Hall–Kier alpha value is -3.13. The van der Waals surface area contributed by atoms with Gasteiger partial charge in [0.15, 0.2) is 0 Å². The van der Waals surface area contributed by atoms with Crippen LogP contribution in [0, 0.1) is 0 Å². The molecule has 0 aromatic heterocycles. The van der Waals surface area contributed by atoms with Crippen molar-refractivity contribution >= 4 is 21.8 Å². The molecule has 1 atom stereocenters. The van der Waals surface area contributed by atoms with Gasteiger partial charge in [0, 0.05) is 18.9 Å². The lowest BCUT2D eigenvalue weighted by Crippen LogP contribution is -2.51. The normalized spacial score (nSPS) is 16.7. The maximum Gasteiger partial charge on any atom is 0.264 e. The average molecular weight is 385 g/mol. The van der Waals surface area contributed by atoms with Crippen LogP contribution in [-0.2, 0) is 26.2 Å². The van der Waals surface area contributed by atoms with E-state index in [1.165, 1.54) is 24.5 Å². The maximum absolute atomic E-state index is 12.9. The highest BCUT2D eigenvalue weighted by Crippen LogP contribution is 2.22. The molecular weight excluding hydrogens is 366 g/mol. The maximum atomic E-state index is 12.9. The van der Waals surface area contributed by atoms with Gasteiger partial charge in [-0.05, 0) is 17.7 Å². The van der Waals surface area contributed by atoms with Gasteiger partial charge in [-0.15, -0.1) is 0 Å². The van der Waals surface area contributed by atoms with Gasteiger partial charge in [-0.2, -0.15) is 0 Å². The molecule has 2 aromatic carbocycles. The third-order valence-corrected chi connectivity index (χ3v) is 5.89. The minimum atomic E-state index is -3.95. The van der Waals surface area contributed by atoms with Gasteiger partial charge in [-0.1, -0.05) is 48.5 Å². The molecule has 2 amide bonds. The molecule has 2 aromatic rings. The van der Waals surface area contributed by atoms with Crippen LogP contribution in [0.1, 0.15) is 12.0 Å². The van der Waals surface area contributed by atoms with Crippen molar-refractivity contribution in [1.29, 1.82) is 0 Å². The molecule has 140 valence electrons. The van der Waals surface area contributed by atoms with Crippen molar-refractivity contribution < 1.29 is 18.0 Å². The highest BCUT2D eigenvalue weighted by Gasteiger charge is 2.36. The van der Waals surface area contributed by atoms with Crippen molar-refractivity contribution in [2.45, 2.75) is 23.9 Å². The number of nitrogens with zero attached hydrogens (tertiary/aromatic N) is 1. The lowest BCUT2D eigenvalue weighted by atomic mass is 10.1. The number of amides is 2. The summed E-state index contributed by atoms with van der Waals surface area (Å²) >= 11 is 0. The van der Waals surface area contributed by atoms with Crippen molar-refractivity contribution in [2.24, 2.45) is 0 Å². The summed E-state index contributed by atoms with van der Waals surface area (Å²) in [4.78, 5) is 24.6. The van der Waals surface area contributed by atoms with Crippen LogP contribution in [0.5, 0.6) is 0 Å². The lowest BCUT2D eigenvalue weighted by molar-refractivity contribution is -0.129. The second kappa shape index (κ2) is 8.05. The summed E-state index contributed by atoms with van der Waals surface area (Å²) in [5.41, 5.74) is 0.910. The van der Waals surface area contributed by atoms with Gasteiger partial charge in [0.2, 0.25) is 11.8 Å². The van der Waals surface area contributed by atoms with E-state index in [-0.39, 0.29) is 11.3 Å². The first-order chi connectivity index (χ1) is 13.0. The Kier molecular flexibility index (Phi) is 5.56. The Bertz CT molecular complexity index is 943. The first-order valence-corrected chi connectivity index (χ1v) is 9.79. The number of carbonyl (C=O) groups excluding carboxylic acids is 2. The summed E-state index contributed by atoms with van der Waals surface area (Å²) in [5.74, 6) is -0.963. The largest absolute Gasteiger partial charge is 0.352 e. The fraction of sp³-hybridized carbons (Fsp3) is 0.158. The van der Waals surface area contributed by atoms with Crippen molar-refractivity contribution in [3.8, 4) is 0 Å². The van der Waals surface area contributed by atoms with Crippen LogP contribution in [0.15, 0.2) is 78.0 Å². The molecule has 1 heterocycles. The predicted molar refractivity (Wildman–Crippen MR) is 99.4 cm³/mol. The molecule has 7 nitrogen and oxygen atoms in total. The van der Waals surface area contributed by atoms with E-state index in [2.05, 4.69) is 10.6 Å². The van der Waals surface area contributed by atoms with Crippen LogP contribution in [0.3, 0.4) is 0 Å². The second-order valence-electron chi connectivity index (χ2n) is 5.95. The van der Waals surface area contributed by atoms with Crippen molar-refractivity contribution in [2.75, 3.05) is 0 Å². The van der Waals surface area contributed by atoms with Crippen LogP contribution in [0.2, 0.25) is 0 Å². The minimum absolute atomic E-state index is 0.0547. The third-order valence-electron chi connectivity index (χ3n) is 4.09. The Labute approximate surface area is 157 Å². The van der Waals surface area contributed by atoms with Crippen LogP contribution in [0.25, 0.3) is 0 Å². The average Bonchev–Trinajstić information content (AvgIpc) is 2.69. The van der Waals surface area contributed by atoms with Crippen LogP contribution < -0.4 is 10.6 Å². The molecule has 1 aliphatic heterocycles.